The maximum atomic E-state index is 12.1. The highest BCUT2D eigenvalue weighted by molar-refractivity contribution is 6.10. The quantitative estimate of drug-likeness (QED) is 0.654. The summed E-state index contributed by atoms with van der Waals surface area (Å²) in [6, 6.07) is 14.5. The number of amides is 1. The van der Waals surface area contributed by atoms with Gasteiger partial charge in [-0.3, -0.25) is 9.59 Å². The zero-order chi connectivity index (χ0) is 15.9. The first kappa shape index (κ1) is 15.5. The molecule has 5 heteroatoms. The minimum atomic E-state index is -1.39. The molecule has 5 nitrogen and oxygen atoms in total. The van der Waals surface area contributed by atoms with Crippen molar-refractivity contribution < 1.29 is 14.0 Å². The van der Waals surface area contributed by atoms with Crippen LogP contribution in [0.1, 0.15) is 21.9 Å². The fraction of sp³-hybridized carbons (Fsp3) is 0.235. The first-order valence-electron chi connectivity index (χ1n) is 6.93. The summed E-state index contributed by atoms with van der Waals surface area (Å²) in [5.74, 6) is -2.02. The molecule has 0 aliphatic rings. The molecular formula is C17H16N2O3. The molecule has 0 radical (unpaired) electrons. The normalized spacial score (nSPS) is 11.5. The Balaban J connectivity index is 1.92. The van der Waals surface area contributed by atoms with Crippen LogP contribution in [0.4, 0.5) is 0 Å². The number of carbonyl (C=O) groups is 2. The predicted octanol–water partition coefficient (Wildman–Crippen LogP) is 2.27. The number of nitriles is 1. The summed E-state index contributed by atoms with van der Waals surface area (Å²) in [6.07, 6.45) is 0.638. The van der Waals surface area contributed by atoms with Gasteiger partial charge < -0.3 is 9.73 Å². The lowest BCUT2D eigenvalue weighted by Gasteiger charge is -2.08. The number of hydrogen-bond donors (Lipinski definition) is 1. The van der Waals surface area contributed by atoms with E-state index in [-0.39, 0.29) is 5.76 Å². The summed E-state index contributed by atoms with van der Waals surface area (Å²) in [5, 5.41) is 11.7. The molecule has 0 bridgehead atoms. The number of ketones is 1. The van der Waals surface area contributed by atoms with Crippen LogP contribution in [0.25, 0.3) is 0 Å². The number of nitrogens with one attached hydrogen (secondary N) is 1. The fourth-order valence-electron chi connectivity index (χ4n) is 2.02. The van der Waals surface area contributed by atoms with Gasteiger partial charge in [0.15, 0.2) is 11.7 Å². The molecule has 0 saturated heterocycles. The molecule has 1 aromatic heterocycles. The van der Waals surface area contributed by atoms with Crippen molar-refractivity contribution in [1.29, 1.82) is 5.26 Å². The van der Waals surface area contributed by atoms with Gasteiger partial charge in [0.25, 0.3) is 0 Å². The van der Waals surface area contributed by atoms with Gasteiger partial charge in [0.2, 0.25) is 11.7 Å². The van der Waals surface area contributed by atoms with Crippen molar-refractivity contribution in [2.24, 2.45) is 5.92 Å². The van der Waals surface area contributed by atoms with Crippen molar-refractivity contribution in [3.8, 4) is 6.07 Å². The number of carbonyl (C=O) groups excluding carboxylic acids is 2. The molecule has 2 aromatic rings. The molecular weight excluding hydrogens is 280 g/mol. The monoisotopic (exact) mass is 296 g/mol. The summed E-state index contributed by atoms with van der Waals surface area (Å²) < 4.78 is 5.17. The predicted molar refractivity (Wildman–Crippen MR) is 80.0 cm³/mol. The maximum absolute atomic E-state index is 12.1. The van der Waals surface area contributed by atoms with Gasteiger partial charge in [-0.15, -0.1) is 0 Å². The SMILES string of the molecule is Cc1ccc(C(=O)C(C#N)C(=O)NCCc2ccccc2)o1. The van der Waals surface area contributed by atoms with E-state index in [9.17, 15) is 9.59 Å². The number of nitrogens with zero attached hydrogens (tertiary/aromatic N) is 1. The van der Waals surface area contributed by atoms with Gasteiger partial charge in [-0.05, 0) is 31.0 Å². The average Bonchev–Trinajstić information content (AvgIpc) is 2.95. The first-order valence-corrected chi connectivity index (χ1v) is 6.93. The number of rotatable bonds is 6. The summed E-state index contributed by atoms with van der Waals surface area (Å²) >= 11 is 0. The second-order valence-electron chi connectivity index (χ2n) is 4.86. The smallest absolute Gasteiger partial charge is 0.245 e. The standard InChI is InChI=1S/C17H16N2O3/c1-12-7-8-15(22-12)16(20)14(11-18)17(21)19-10-9-13-5-3-2-4-6-13/h2-8,14H,9-10H2,1H3,(H,19,21). The number of aryl methyl sites for hydroxylation is 1. The lowest BCUT2D eigenvalue weighted by Crippen LogP contribution is -2.35. The van der Waals surface area contributed by atoms with Crippen LogP contribution in [-0.4, -0.2) is 18.2 Å². The second kappa shape index (κ2) is 7.23. The molecule has 22 heavy (non-hydrogen) atoms. The van der Waals surface area contributed by atoms with Gasteiger partial charge in [0.1, 0.15) is 5.76 Å². The third-order valence-electron chi connectivity index (χ3n) is 3.19. The molecule has 0 spiro atoms. The number of furan rings is 1. The number of hydrogen-bond acceptors (Lipinski definition) is 4. The van der Waals surface area contributed by atoms with Crippen LogP contribution < -0.4 is 5.32 Å². The molecule has 112 valence electrons. The molecule has 1 N–H and O–H groups in total. The van der Waals surface area contributed by atoms with E-state index in [2.05, 4.69) is 5.32 Å². The van der Waals surface area contributed by atoms with Crippen LogP contribution in [0.5, 0.6) is 0 Å². The third kappa shape index (κ3) is 3.83. The highest BCUT2D eigenvalue weighted by atomic mass is 16.3. The van der Waals surface area contributed by atoms with E-state index in [1.165, 1.54) is 6.07 Å². The molecule has 1 heterocycles. The largest absolute Gasteiger partial charge is 0.458 e. The van der Waals surface area contributed by atoms with Crippen LogP contribution in [-0.2, 0) is 11.2 Å². The summed E-state index contributed by atoms with van der Waals surface area (Å²) in [7, 11) is 0. The zero-order valence-electron chi connectivity index (χ0n) is 12.2. The molecule has 0 saturated carbocycles. The van der Waals surface area contributed by atoms with Crippen molar-refractivity contribution in [2.45, 2.75) is 13.3 Å². The molecule has 0 aliphatic carbocycles. The minimum Gasteiger partial charge on any atom is -0.458 e. The van der Waals surface area contributed by atoms with Crippen LogP contribution in [0.15, 0.2) is 46.9 Å². The van der Waals surface area contributed by atoms with Crippen LogP contribution in [0.3, 0.4) is 0 Å². The van der Waals surface area contributed by atoms with Gasteiger partial charge in [0, 0.05) is 6.54 Å². The van der Waals surface area contributed by atoms with Crippen molar-refractivity contribution in [1.82, 2.24) is 5.32 Å². The average molecular weight is 296 g/mol. The summed E-state index contributed by atoms with van der Waals surface area (Å²) in [6.45, 7) is 2.06. The van der Waals surface area contributed by atoms with Gasteiger partial charge in [-0.25, -0.2) is 0 Å². The minimum absolute atomic E-state index is 0.0299. The van der Waals surface area contributed by atoms with E-state index in [0.29, 0.717) is 18.7 Å². The second-order valence-corrected chi connectivity index (χ2v) is 4.86. The lowest BCUT2D eigenvalue weighted by atomic mass is 10.0. The van der Waals surface area contributed by atoms with E-state index < -0.39 is 17.6 Å². The van der Waals surface area contributed by atoms with Crippen molar-refractivity contribution in [3.05, 3.63) is 59.5 Å². The topological polar surface area (TPSA) is 83.1 Å². The molecule has 1 aromatic carbocycles. The Morgan fingerprint density at radius 1 is 1.23 bits per heavy atom. The summed E-state index contributed by atoms with van der Waals surface area (Å²) in [4.78, 5) is 24.1. The van der Waals surface area contributed by atoms with Gasteiger partial charge in [0.05, 0.1) is 6.07 Å². The Kier molecular flexibility index (Phi) is 5.10. The Bertz CT molecular complexity index is 698. The Morgan fingerprint density at radius 3 is 2.55 bits per heavy atom. The Hall–Kier alpha value is -2.87. The molecule has 2 rings (SSSR count). The highest BCUT2D eigenvalue weighted by Gasteiger charge is 2.29. The molecule has 0 aliphatic heterocycles. The van der Waals surface area contributed by atoms with E-state index in [1.807, 2.05) is 30.3 Å². The first-order chi connectivity index (χ1) is 10.6. The third-order valence-corrected chi connectivity index (χ3v) is 3.19. The van der Waals surface area contributed by atoms with Crippen LogP contribution in [0.2, 0.25) is 0 Å². The number of Topliss-reactive ketones (excluding diaryl/α,β-unsaturated/α-hetero) is 1. The Labute approximate surface area is 128 Å². The highest BCUT2D eigenvalue weighted by Crippen LogP contribution is 2.12. The van der Waals surface area contributed by atoms with Crippen molar-refractivity contribution in [2.75, 3.05) is 6.54 Å². The Morgan fingerprint density at radius 2 is 1.95 bits per heavy atom. The van der Waals surface area contributed by atoms with Crippen LogP contribution in [0, 0.1) is 24.2 Å². The zero-order valence-corrected chi connectivity index (χ0v) is 12.2. The fourth-order valence-corrected chi connectivity index (χ4v) is 2.02. The molecule has 1 unspecified atom stereocenters. The molecule has 1 amide bonds. The maximum Gasteiger partial charge on any atom is 0.245 e. The van der Waals surface area contributed by atoms with Gasteiger partial charge >= 0.3 is 0 Å². The van der Waals surface area contributed by atoms with Gasteiger partial charge in [-0.2, -0.15) is 5.26 Å². The van der Waals surface area contributed by atoms with Crippen LogP contribution >= 0.6 is 0 Å². The molecule has 1 atom stereocenters. The summed E-state index contributed by atoms with van der Waals surface area (Å²) in [5.41, 5.74) is 1.07. The van der Waals surface area contributed by atoms with E-state index >= 15 is 0 Å². The van der Waals surface area contributed by atoms with Gasteiger partial charge in [-0.1, -0.05) is 30.3 Å². The van der Waals surface area contributed by atoms with Crippen molar-refractivity contribution >= 4 is 11.7 Å². The van der Waals surface area contributed by atoms with E-state index in [0.717, 1.165) is 5.56 Å². The van der Waals surface area contributed by atoms with E-state index in [1.54, 1.807) is 19.1 Å². The number of benzene rings is 1. The lowest BCUT2D eigenvalue weighted by molar-refractivity contribution is -0.122. The van der Waals surface area contributed by atoms with Crippen molar-refractivity contribution in [3.63, 3.8) is 0 Å². The van der Waals surface area contributed by atoms with E-state index in [4.69, 9.17) is 9.68 Å². The molecule has 0 fully saturated rings.